The number of ether oxygens (including phenoxy) is 4. The highest BCUT2D eigenvalue weighted by Gasteiger charge is 2.52. The van der Waals surface area contributed by atoms with E-state index in [1.54, 1.807) is 0 Å². The van der Waals surface area contributed by atoms with Crippen molar-refractivity contribution in [3.8, 4) is 0 Å². The fourth-order valence-corrected chi connectivity index (χ4v) is 4.62. The molecule has 0 amide bonds. The molecule has 174 valence electrons. The molecular formula is C19H26O11S. The van der Waals surface area contributed by atoms with Crippen molar-refractivity contribution < 1.29 is 54.1 Å². The molecule has 2 aliphatic heterocycles. The molecule has 3 aliphatic rings. The number of methoxy groups -OCH3 is 1. The molecule has 3 rings (SSSR count). The molecule has 2 heterocycles. The van der Waals surface area contributed by atoms with Gasteiger partial charge in [0.2, 0.25) is 6.29 Å². The van der Waals surface area contributed by atoms with E-state index in [9.17, 15) is 35.1 Å². The van der Waals surface area contributed by atoms with Crippen LogP contribution in [0.1, 0.15) is 6.92 Å². The van der Waals surface area contributed by atoms with Crippen LogP contribution < -0.4 is 0 Å². The molecule has 9 atom stereocenters. The van der Waals surface area contributed by atoms with E-state index in [0.717, 1.165) is 18.0 Å². The summed E-state index contributed by atoms with van der Waals surface area (Å²) in [5.74, 6) is -2.01. The van der Waals surface area contributed by atoms with E-state index in [0.29, 0.717) is 5.57 Å². The van der Waals surface area contributed by atoms with Gasteiger partial charge < -0.3 is 44.5 Å². The van der Waals surface area contributed by atoms with Gasteiger partial charge >= 0.3 is 5.97 Å². The van der Waals surface area contributed by atoms with E-state index < -0.39 is 67.5 Å². The molecule has 31 heavy (non-hydrogen) atoms. The fraction of sp³-hybridized carbons (Fsp3) is 0.684. The molecular weight excluding hydrogens is 436 g/mol. The predicted octanol–water partition coefficient (Wildman–Crippen LogP) is -1.97. The topological polar surface area (TPSA) is 172 Å². The molecule has 1 aliphatic carbocycles. The average Bonchev–Trinajstić information content (AvgIpc) is 3.09. The summed E-state index contributed by atoms with van der Waals surface area (Å²) >= 11 is 1.00. The van der Waals surface area contributed by atoms with Gasteiger partial charge in [-0.3, -0.25) is 4.79 Å². The molecule has 0 aromatic rings. The van der Waals surface area contributed by atoms with E-state index >= 15 is 0 Å². The van der Waals surface area contributed by atoms with Crippen LogP contribution in [0.15, 0.2) is 23.5 Å². The van der Waals surface area contributed by atoms with Crippen molar-refractivity contribution in [1.82, 2.24) is 0 Å². The Hall–Kier alpha value is -1.51. The second kappa shape index (κ2) is 9.96. The highest BCUT2D eigenvalue weighted by molar-refractivity contribution is 8.13. The van der Waals surface area contributed by atoms with Crippen LogP contribution in [-0.4, -0.2) is 99.2 Å². The Morgan fingerprint density at radius 2 is 1.81 bits per heavy atom. The van der Waals surface area contributed by atoms with Crippen molar-refractivity contribution in [2.45, 2.75) is 50.0 Å². The van der Waals surface area contributed by atoms with Crippen molar-refractivity contribution in [1.29, 1.82) is 0 Å². The standard InChI is InChI=1S/C19H26O11S/c1-7(21)31-6-8-3-10(22)13-9(17(26)27-2)5-28-18(12(8)13)30-19-16(25)15(24)14(23)11(4-20)29-19/h3,5,10-16,18-20,22-25H,4,6H2,1-2H3/t10-,11-,12+,13-,14-,15+,16-,18-,19+/m1/s1. The van der Waals surface area contributed by atoms with Crippen molar-refractivity contribution in [2.75, 3.05) is 19.5 Å². The summed E-state index contributed by atoms with van der Waals surface area (Å²) in [6, 6.07) is 0. The number of fused-ring (bicyclic) bond motifs is 1. The normalized spacial score (nSPS) is 39.8. The van der Waals surface area contributed by atoms with Crippen LogP contribution in [0.5, 0.6) is 0 Å². The van der Waals surface area contributed by atoms with Gasteiger partial charge in [-0.05, 0) is 0 Å². The summed E-state index contributed by atoms with van der Waals surface area (Å²) < 4.78 is 21.4. The third-order valence-corrected chi connectivity index (χ3v) is 6.41. The number of aliphatic hydroxyl groups excluding tert-OH is 5. The van der Waals surface area contributed by atoms with Gasteiger partial charge in [-0.25, -0.2) is 4.79 Å². The zero-order valence-electron chi connectivity index (χ0n) is 16.9. The zero-order chi connectivity index (χ0) is 22.9. The molecule has 1 saturated heterocycles. The third kappa shape index (κ3) is 4.81. The minimum atomic E-state index is -1.66. The minimum absolute atomic E-state index is 0.0766. The molecule has 0 bridgehead atoms. The van der Waals surface area contributed by atoms with Crippen LogP contribution in [-0.2, 0) is 28.5 Å². The molecule has 0 aromatic carbocycles. The van der Waals surface area contributed by atoms with Crippen molar-refractivity contribution in [3.05, 3.63) is 23.5 Å². The minimum Gasteiger partial charge on any atom is -0.471 e. The van der Waals surface area contributed by atoms with Crippen LogP contribution >= 0.6 is 11.8 Å². The van der Waals surface area contributed by atoms with Gasteiger partial charge in [0.05, 0.1) is 37.6 Å². The van der Waals surface area contributed by atoms with Crippen LogP contribution in [0.4, 0.5) is 0 Å². The molecule has 12 heteroatoms. The van der Waals surface area contributed by atoms with Gasteiger partial charge in [0, 0.05) is 18.6 Å². The molecule has 1 fully saturated rings. The van der Waals surface area contributed by atoms with Crippen LogP contribution in [0.25, 0.3) is 0 Å². The Morgan fingerprint density at radius 3 is 2.42 bits per heavy atom. The smallest absolute Gasteiger partial charge is 0.337 e. The number of rotatable bonds is 6. The maximum absolute atomic E-state index is 12.2. The Bertz CT molecular complexity index is 751. The quantitative estimate of drug-likeness (QED) is 0.218. The maximum atomic E-state index is 12.2. The van der Waals surface area contributed by atoms with Crippen LogP contribution in [0.2, 0.25) is 0 Å². The van der Waals surface area contributed by atoms with Crippen molar-refractivity contribution in [2.24, 2.45) is 11.8 Å². The number of hydrogen-bond donors (Lipinski definition) is 5. The maximum Gasteiger partial charge on any atom is 0.337 e. The lowest BCUT2D eigenvalue weighted by Gasteiger charge is -2.43. The lowest BCUT2D eigenvalue weighted by atomic mass is 9.82. The summed E-state index contributed by atoms with van der Waals surface area (Å²) in [6.07, 6.45) is -7.15. The van der Waals surface area contributed by atoms with Gasteiger partial charge in [0.25, 0.3) is 0 Å². The lowest BCUT2D eigenvalue weighted by molar-refractivity contribution is -0.340. The zero-order valence-corrected chi connectivity index (χ0v) is 17.7. The highest BCUT2D eigenvalue weighted by Crippen LogP contribution is 2.45. The summed E-state index contributed by atoms with van der Waals surface area (Å²) in [7, 11) is 1.19. The van der Waals surface area contributed by atoms with Crippen molar-refractivity contribution >= 4 is 22.8 Å². The highest BCUT2D eigenvalue weighted by atomic mass is 32.2. The van der Waals surface area contributed by atoms with E-state index in [-0.39, 0.29) is 16.4 Å². The van der Waals surface area contributed by atoms with Gasteiger partial charge in [0.1, 0.15) is 24.4 Å². The van der Waals surface area contributed by atoms with Crippen LogP contribution in [0.3, 0.4) is 0 Å². The Labute approximate surface area is 182 Å². The first-order chi connectivity index (χ1) is 14.7. The fourth-order valence-electron chi connectivity index (χ4n) is 3.96. The van der Waals surface area contributed by atoms with Crippen molar-refractivity contribution in [3.63, 3.8) is 0 Å². The van der Waals surface area contributed by atoms with Gasteiger partial charge in [-0.2, -0.15) is 0 Å². The molecule has 0 unspecified atom stereocenters. The summed E-state index contributed by atoms with van der Waals surface area (Å²) in [4.78, 5) is 23.6. The lowest BCUT2D eigenvalue weighted by Crippen LogP contribution is -2.60. The van der Waals surface area contributed by atoms with E-state index in [1.807, 2.05) is 0 Å². The summed E-state index contributed by atoms with van der Waals surface area (Å²) in [5.41, 5.74) is 0.662. The number of carbonyl (C=O) groups excluding carboxylic acids is 2. The van der Waals surface area contributed by atoms with E-state index in [2.05, 4.69) is 0 Å². The van der Waals surface area contributed by atoms with Gasteiger partial charge in [-0.1, -0.05) is 23.4 Å². The van der Waals surface area contributed by atoms with Gasteiger partial charge in [0.15, 0.2) is 11.4 Å². The van der Waals surface area contributed by atoms with E-state index in [4.69, 9.17) is 18.9 Å². The largest absolute Gasteiger partial charge is 0.471 e. The second-order valence-electron chi connectivity index (χ2n) is 7.47. The molecule has 0 spiro atoms. The molecule has 0 aromatic heterocycles. The van der Waals surface area contributed by atoms with Crippen LogP contribution in [0, 0.1) is 11.8 Å². The first-order valence-electron chi connectivity index (χ1n) is 9.61. The number of hydrogen-bond acceptors (Lipinski definition) is 12. The molecule has 0 saturated carbocycles. The number of carbonyl (C=O) groups is 2. The molecule has 5 N–H and O–H groups in total. The first kappa shape index (κ1) is 24.1. The number of aliphatic hydroxyl groups is 5. The Balaban J connectivity index is 1.86. The first-order valence-corrected chi connectivity index (χ1v) is 10.6. The summed E-state index contributed by atoms with van der Waals surface area (Å²) in [6.45, 7) is 0.765. The third-order valence-electron chi connectivity index (χ3n) is 5.53. The van der Waals surface area contributed by atoms with E-state index in [1.165, 1.54) is 20.1 Å². The number of esters is 1. The Morgan fingerprint density at radius 1 is 1.10 bits per heavy atom. The van der Waals surface area contributed by atoms with Gasteiger partial charge in [-0.15, -0.1) is 0 Å². The Kier molecular flexibility index (Phi) is 7.76. The SMILES string of the molecule is COC(=O)C1=CO[C@H](O[C@@H]2O[C@H](CO)[C@@H](O)[C@H](O)[C@H]2O)[C@H]2C(CSC(C)=O)=C[C@@H](O)[C@@H]12. The predicted molar refractivity (Wildman–Crippen MR) is 104 cm³/mol. The molecule has 11 nitrogen and oxygen atoms in total. The summed E-state index contributed by atoms with van der Waals surface area (Å²) in [5, 5.41) is 50.0. The average molecular weight is 462 g/mol. The number of thioether (sulfide) groups is 1. The second-order valence-corrected chi connectivity index (χ2v) is 8.62. The molecule has 0 radical (unpaired) electrons. The monoisotopic (exact) mass is 462 g/mol.